The summed E-state index contributed by atoms with van der Waals surface area (Å²) in [6.45, 7) is 1.43. The lowest BCUT2D eigenvalue weighted by atomic mass is 9.65. The number of amides is 2. The maximum atomic E-state index is 12.5. The second-order valence-corrected chi connectivity index (χ2v) is 8.08. The highest BCUT2D eigenvalue weighted by molar-refractivity contribution is 5.79. The normalized spacial score (nSPS) is 28.9. The minimum atomic E-state index is -0.302. The van der Waals surface area contributed by atoms with Gasteiger partial charge < -0.3 is 10.6 Å². The van der Waals surface area contributed by atoms with E-state index in [0.29, 0.717) is 25.8 Å². The molecular formula is C19H29N5O2. The highest BCUT2D eigenvalue weighted by Crippen LogP contribution is 2.51. The molecule has 1 saturated carbocycles. The van der Waals surface area contributed by atoms with Crippen LogP contribution in [0.3, 0.4) is 0 Å². The summed E-state index contributed by atoms with van der Waals surface area (Å²) in [6.07, 6.45) is 10.9. The highest BCUT2D eigenvalue weighted by atomic mass is 16.2. The molecule has 1 saturated heterocycles. The van der Waals surface area contributed by atoms with Crippen molar-refractivity contribution < 1.29 is 9.59 Å². The van der Waals surface area contributed by atoms with Crippen LogP contribution < -0.4 is 5.73 Å². The Bertz CT molecular complexity index is 653. The van der Waals surface area contributed by atoms with Crippen molar-refractivity contribution in [1.82, 2.24) is 19.8 Å². The number of primary amides is 1. The van der Waals surface area contributed by atoms with Gasteiger partial charge in [0, 0.05) is 38.3 Å². The van der Waals surface area contributed by atoms with Crippen molar-refractivity contribution in [2.24, 2.45) is 11.1 Å². The molecule has 26 heavy (non-hydrogen) atoms. The third-order valence-electron chi connectivity index (χ3n) is 6.29. The van der Waals surface area contributed by atoms with Crippen LogP contribution >= 0.6 is 0 Å². The highest BCUT2D eigenvalue weighted by Gasteiger charge is 2.50. The topological polar surface area (TPSA) is 92.4 Å². The second kappa shape index (κ2) is 7.31. The molecule has 1 aliphatic carbocycles. The first-order valence-corrected chi connectivity index (χ1v) is 9.37. The van der Waals surface area contributed by atoms with Gasteiger partial charge in [-0.15, -0.1) is 0 Å². The zero-order chi connectivity index (χ0) is 18.8. The molecule has 1 aromatic rings. The Balaban J connectivity index is 1.67. The summed E-state index contributed by atoms with van der Waals surface area (Å²) in [5.74, 6) is -0.0879. The molecule has 0 unspecified atom stereocenters. The average Bonchev–Trinajstić information content (AvgIpc) is 2.91. The predicted octanol–water partition coefficient (Wildman–Crippen LogP) is 1.29. The van der Waals surface area contributed by atoms with Crippen molar-refractivity contribution >= 4 is 11.8 Å². The Morgan fingerprint density at radius 2 is 2.00 bits per heavy atom. The molecule has 7 nitrogen and oxygen atoms in total. The van der Waals surface area contributed by atoms with Crippen molar-refractivity contribution in [1.29, 1.82) is 0 Å². The molecule has 2 aliphatic rings. The number of rotatable bonds is 6. The van der Waals surface area contributed by atoms with Gasteiger partial charge in [-0.2, -0.15) is 0 Å². The Morgan fingerprint density at radius 1 is 1.27 bits per heavy atom. The summed E-state index contributed by atoms with van der Waals surface area (Å²) < 4.78 is 0. The third-order valence-corrected chi connectivity index (χ3v) is 6.29. The van der Waals surface area contributed by atoms with Crippen LogP contribution in [0.1, 0.15) is 50.6 Å². The molecule has 1 spiro atoms. The van der Waals surface area contributed by atoms with E-state index in [-0.39, 0.29) is 22.8 Å². The SMILES string of the molecule is CN(C)C1(c2cnccn2)CCC2(CC1)CC(=O)N(CCCC(N)=O)C2. The van der Waals surface area contributed by atoms with Crippen LogP contribution in [0.25, 0.3) is 0 Å². The lowest BCUT2D eigenvalue weighted by Gasteiger charge is -2.47. The molecule has 0 atom stereocenters. The van der Waals surface area contributed by atoms with Crippen molar-refractivity contribution in [3.05, 3.63) is 24.3 Å². The van der Waals surface area contributed by atoms with Crippen LogP contribution in [-0.2, 0) is 15.1 Å². The summed E-state index contributed by atoms with van der Waals surface area (Å²) in [4.78, 5) is 36.4. The lowest BCUT2D eigenvalue weighted by molar-refractivity contribution is -0.128. The Hall–Kier alpha value is -2.02. The predicted molar refractivity (Wildman–Crippen MR) is 97.9 cm³/mol. The summed E-state index contributed by atoms with van der Waals surface area (Å²) in [5, 5.41) is 0. The summed E-state index contributed by atoms with van der Waals surface area (Å²) >= 11 is 0. The molecule has 2 fully saturated rings. The zero-order valence-electron chi connectivity index (χ0n) is 15.8. The number of carbonyl (C=O) groups excluding carboxylic acids is 2. The molecule has 2 heterocycles. The monoisotopic (exact) mass is 359 g/mol. The van der Waals surface area contributed by atoms with Gasteiger partial charge in [-0.3, -0.25) is 24.5 Å². The Morgan fingerprint density at radius 3 is 2.58 bits per heavy atom. The second-order valence-electron chi connectivity index (χ2n) is 8.08. The largest absolute Gasteiger partial charge is 0.370 e. The van der Waals surface area contributed by atoms with Crippen molar-refractivity contribution in [2.45, 2.75) is 50.5 Å². The molecule has 3 rings (SSSR count). The first-order valence-electron chi connectivity index (χ1n) is 9.37. The molecule has 2 amide bonds. The fourth-order valence-corrected chi connectivity index (χ4v) is 4.63. The van der Waals surface area contributed by atoms with Gasteiger partial charge in [0.25, 0.3) is 0 Å². The lowest BCUT2D eigenvalue weighted by Crippen LogP contribution is -2.48. The van der Waals surface area contributed by atoms with E-state index >= 15 is 0 Å². The van der Waals surface area contributed by atoms with Crippen LogP contribution in [0.5, 0.6) is 0 Å². The maximum Gasteiger partial charge on any atom is 0.223 e. The molecule has 142 valence electrons. The number of likely N-dealkylation sites (tertiary alicyclic amines) is 1. The summed E-state index contributed by atoms with van der Waals surface area (Å²) in [5.41, 5.74) is 6.17. The van der Waals surface area contributed by atoms with Gasteiger partial charge in [0.2, 0.25) is 11.8 Å². The van der Waals surface area contributed by atoms with E-state index in [9.17, 15) is 9.59 Å². The Labute approximate surface area is 155 Å². The van der Waals surface area contributed by atoms with E-state index in [4.69, 9.17) is 5.73 Å². The smallest absolute Gasteiger partial charge is 0.223 e. The van der Waals surface area contributed by atoms with E-state index in [1.165, 1.54) is 0 Å². The minimum Gasteiger partial charge on any atom is -0.370 e. The van der Waals surface area contributed by atoms with Crippen LogP contribution in [-0.4, -0.2) is 58.8 Å². The molecule has 7 heteroatoms. The Kier molecular flexibility index (Phi) is 5.27. The number of nitrogens with two attached hydrogens (primary N) is 1. The van der Waals surface area contributed by atoms with Gasteiger partial charge in [-0.25, -0.2) is 0 Å². The third kappa shape index (κ3) is 3.58. The number of aromatic nitrogens is 2. The molecule has 0 bridgehead atoms. The number of hydrogen-bond donors (Lipinski definition) is 1. The summed E-state index contributed by atoms with van der Waals surface area (Å²) in [7, 11) is 4.20. The molecule has 0 radical (unpaired) electrons. The van der Waals surface area contributed by atoms with Crippen LogP contribution in [0.2, 0.25) is 0 Å². The quantitative estimate of drug-likeness (QED) is 0.826. The number of hydrogen-bond acceptors (Lipinski definition) is 5. The van der Waals surface area contributed by atoms with Gasteiger partial charge in [-0.1, -0.05) is 0 Å². The van der Waals surface area contributed by atoms with Crippen LogP contribution in [0.4, 0.5) is 0 Å². The van der Waals surface area contributed by atoms with Crippen molar-refractivity contribution in [3.63, 3.8) is 0 Å². The number of nitrogens with zero attached hydrogens (tertiary/aromatic N) is 4. The van der Waals surface area contributed by atoms with Crippen LogP contribution in [0, 0.1) is 5.41 Å². The standard InChI is InChI=1S/C19H29N5O2/c1-23(2)19(15-13-21-9-10-22-15)7-5-18(6-8-19)12-17(26)24(14-18)11-3-4-16(20)25/h9-10,13H,3-8,11-12,14H2,1-2H3,(H2,20,25). The van der Waals surface area contributed by atoms with Crippen molar-refractivity contribution in [3.8, 4) is 0 Å². The molecular weight excluding hydrogens is 330 g/mol. The van der Waals surface area contributed by atoms with E-state index < -0.39 is 0 Å². The zero-order valence-corrected chi connectivity index (χ0v) is 15.8. The van der Waals surface area contributed by atoms with Crippen molar-refractivity contribution in [2.75, 3.05) is 27.2 Å². The fraction of sp³-hybridized carbons (Fsp3) is 0.684. The van der Waals surface area contributed by atoms with Gasteiger partial charge in [0.05, 0.1) is 17.4 Å². The van der Waals surface area contributed by atoms with Gasteiger partial charge in [0.15, 0.2) is 0 Å². The first-order chi connectivity index (χ1) is 12.4. The van der Waals surface area contributed by atoms with E-state index in [2.05, 4.69) is 29.0 Å². The van der Waals surface area contributed by atoms with E-state index in [1.807, 2.05) is 11.1 Å². The first kappa shape index (κ1) is 18.8. The van der Waals surface area contributed by atoms with E-state index in [0.717, 1.165) is 37.9 Å². The fourth-order valence-electron chi connectivity index (χ4n) is 4.63. The van der Waals surface area contributed by atoms with Gasteiger partial charge in [0.1, 0.15) is 0 Å². The average molecular weight is 359 g/mol. The number of carbonyl (C=O) groups is 2. The van der Waals surface area contributed by atoms with Crippen LogP contribution in [0.15, 0.2) is 18.6 Å². The maximum absolute atomic E-state index is 12.5. The minimum absolute atomic E-state index is 0.0610. The van der Waals surface area contributed by atoms with E-state index in [1.54, 1.807) is 12.4 Å². The molecule has 0 aromatic carbocycles. The van der Waals surface area contributed by atoms with Gasteiger partial charge >= 0.3 is 0 Å². The molecule has 1 aliphatic heterocycles. The van der Waals surface area contributed by atoms with Gasteiger partial charge in [-0.05, 0) is 51.6 Å². The molecule has 2 N–H and O–H groups in total. The molecule has 1 aromatic heterocycles. The summed E-state index contributed by atoms with van der Waals surface area (Å²) in [6, 6.07) is 0.